The molecule has 1 heterocycles. The van der Waals surface area contributed by atoms with Crippen molar-refractivity contribution in [3.63, 3.8) is 0 Å². The predicted octanol–water partition coefficient (Wildman–Crippen LogP) is 0.168. The van der Waals surface area contributed by atoms with Crippen molar-refractivity contribution in [3.05, 3.63) is 18.0 Å². The normalized spacial score (nSPS) is 10.1. The molecule has 0 fully saturated rings. The number of carboxylic acids is 1. The maximum Gasteiger partial charge on any atom is 0.309 e. The Bertz CT molecular complexity index is 362. The van der Waals surface area contributed by atoms with Crippen LogP contribution in [0, 0.1) is 6.92 Å². The second-order valence-electron chi connectivity index (χ2n) is 2.97. The van der Waals surface area contributed by atoms with E-state index in [1.807, 2.05) is 0 Å². The maximum absolute atomic E-state index is 10.3. The van der Waals surface area contributed by atoms with Gasteiger partial charge in [0.05, 0.1) is 0 Å². The summed E-state index contributed by atoms with van der Waals surface area (Å²) in [5.41, 5.74) is 0.450. The topological polar surface area (TPSA) is 81.6 Å². The summed E-state index contributed by atoms with van der Waals surface area (Å²) in [4.78, 5) is 10.3. The number of carboxylic acid groups (broad SMARTS) is 1. The molecule has 5 heteroatoms. The van der Waals surface area contributed by atoms with Gasteiger partial charge in [0.25, 0.3) is 0 Å². The highest BCUT2D eigenvalue weighted by Crippen LogP contribution is 2.24. The van der Waals surface area contributed by atoms with Gasteiger partial charge in [-0.1, -0.05) is 0 Å². The number of carbonyl (C=O) groups is 1. The van der Waals surface area contributed by atoms with E-state index in [9.17, 15) is 9.90 Å². The minimum atomic E-state index is -0.899. The first-order chi connectivity index (χ1) is 6.52. The van der Waals surface area contributed by atoms with E-state index in [0.29, 0.717) is 5.69 Å². The standard InChI is InChI=1S/C9H11NO4/c1-6-9(14)7(11)2-4-10(6)5-3-8(12)13/h2,4H,3,5H2,1H3,(H2,12,13,14)/p+1. The Morgan fingerprint density at radius 1 is 1.50 bits per heavy atom. The van der Waals surface area contributed by atoms with Gasteiger partial charge in [-0.2, -0.15) is 4.57 Å². The zero-order valence-electron chi connectivity index (χ0n) is 7.77. The third-order valence-electron chi connectivity index (χ3n) is 2.00. The van der Waals surface area contributed by atoms with Gasteiger partial charge >= 0.3 is 5.97 Å². The second-order valence-corrected chi connectivity index (χ2v) is 2.97. The molecule has 0 saturated carbocycles. The molecule has 0 spiro atoms. The van der Waals surface area contributed by atoms with E-state index in [0.717, 1.165) is 0 Å². The van der Waals surface area contributed by atoms with Gasteiger partial charge in [-0.05, 0) is 0 Å². The van der Waals surface area contributed by atoms with Gasteiger partial charge in [0.1, 0.15) is 6.42 Å². The van der Waals surface area contributed by atoms with Crippen LogP contribution < -0.4 is 4.57 Å². The summed E-state index contributed by atoms with van der Waals surface area (Å²) in [5, 5.41) is 26.9. The Hall–Kier alpha value is -1.78. The van der Waals surface area contributed by atoms with Gasteiger partial charge in [-0.25, -0.2) is 0 Å². The first-order valence-corrected chi connectivity index (χ1v) is 4.15. The molecule has 0 aliphatic carbocycles. The second kappa shape index (κ2) is 3.95. The number of aryl methyl sites for hydroxylation is 1. The van der Waals surface area contributed by atoms with Crippen molar-refractivity contribution in [3.8, 4) is 11.5 Å². The highest BCUT2D eigenvalue weighted by Gasteiger charge is 2.15. The molecule has 1 rings (SSSR count). The molecule has 14 heavy (non-hydrogen) atoms. The van der Waals surface area contributed by atoms with Crippen LogP contribution in [0.25, 0.3) is 0 Å². The lowest BCUT2D eigenvalue weighted by Crippen LogP contribution is -2.37. The lowest BCUT2D eigenvalue weighted by atomic mass is 10.3. The Kier molecular flexibility index (Phi) is 2.91. The molecule has 0 aliphatic heterocycles. The van der Waals surface area contributed by atoms with Gasteiger partial charge in [-0.3, -0.25) is 4.79 Å². The van der Waals surface area contributed by atoms with E-state index in [2.05, 4.69) is 0 Å². The number of hydrogen-bond acceptors (Lipinski definition) is 3. The Balaban J connectivity index is 2.88. The van der Waals surface area contributed by atoms with Crippen molar-refractivity contribution in [2.45, 2.75) is 19.9 Å². The molecule has 1 aromatic heterocycles. The van der Waals surface area contributed by atoms with Crippen molar-refractivity contribution in [2.75, 3.05) is 0 Å². The molecule has 0 saturated heterocycles. The molecule has 5 nitrogen and oxygen atoms in total. The van der Waals surface area contributed by atoms with Crippen molar-refractivity contribution in [1.29, 1.82) is 0 Å². The number of aromatic hydroxyl groups is 2. The van der Waals surface area contributed by atoms with Crippen LogP contribution in [0.3, 0.4) is 0 Å². The summed E-state index contributed by atoms with van der Waals surface area (Å²) in [6.07, 6.45) is 1.52. The number of nitrogens with zero attached hydrogens (tertiary/aromatic N) is 1. The quantitative estimate of drug-likeness (QED) is 0.604. The van der Waals surface area contributed by atoms with Crippen LogP contribution in [0.2, 0.25) is 0 Å². The Morgan fingerprint density at radius 2 is 2.14 bits per heavy atom. The lowest BCUT2D eigenvalue weighted by molar-refractivity contribution is -0.702. The lowest BCUT2D eigenvalue weighted by Gasteiger charge is -2.01. The molecular formula is C9H12NO4+. The Morgan fingerprint density at radius 3 is 2.71 bits per heavy atom. The highest BCUT2D eigenvalue weighted by atomic mass is 16.4. The van der Waals surface area contributed by atoms with Gasteiger partial charge in [0, 0.05) is 13.0 Å². The van der Waals surface area contributed by atoms with E-state index in [4.69, 9.17) is 10.2 Å². The fraction of sp³-hybridized carbons (Fsp3) is 0.333. The third kappa shape index (κ3) is 2.12. The van der Waals surface area contributed by atoms with E-state index in [1.54, 1.807) is 11.5 Å². The summed E-state index contributed by atoms with van der Waals surface area (Å²) in [6, 6.07) is 1.32. The number of aromatic nitrogens is 1. The molecule has 1 aromatic rings. The fourth-order valence-electron chi connectivity index (χ4n) is 1.13. The number of rotatable bonds is 3. The van der Waals surface area contributed by atoms with Crippen LogP contribution in [-0.2, 0) is 11.3 Å². The zero-order chi connectivity index (χ0) is 10.7. The van der Waals surface area contributed by atoms with Crippen molar-refractivity contribution >= 4 is 5.97 Å². The van der Waals surface area contributed by atoms with Crippen LogP contribution in [0.1, 0.15) is 12.1 Å². The van der Waals surface area contributed by atoms with E-state index in [1.165, 1.54) is 12.3 Å². The van der Waals surface area contributed by atoms with Gasteiger partial charge in [0.2, 0.25) is 11.4 Å². The minimum absolute atomic E-state index is 0.0181. The fourth-order valence-corrected chi connectivity index (χ4v) is 1.13. The number of hydrogen-bond donors (Lipinski definition) is 3. The van der Waals surface area contributed by atoms with Crippen molar-refractivity contribution < 1.29 is 24.7 Å². The molecule has 0 atom stereocenters. The highest BCUT2D eigenvalue weighted by molar-refractivity contribution is 5.66. The summed E-state index contributed by atoms with van der Waals surface area (Å²) in [7, 11) is 0. The van der Waals surface area contributed by atoms with Crippen LogP contribution in [0.4, 0.5) is 0 Å². The zero-order valence-corrected chi connectivity index (χ0v) is 7.77. The molecule has 0 aliphatic rings. The first kappa shape index (κ1) is 10.3. The van der Waals surface area contributed by atoms with Crippen LogP contribution in [-0.4, -0.2) is 21.3 Å². The molecule has 76 valence electrons. The predicted molar refractivity (Wildman–Crippen MR) is 47.0 cm³/mol. The van der Waals surface area contributed by atoms with Crippen LogP contribution in [0.15, 0.2) is 12.3 Å². The molecular weight excluding hydrogens is 186 g/mol. The largest absolute Gasteiger partial charge is 0.504 e. The average molecular weight is 198 g/mol. The third-order valence-corrected chi connectivity index (χ3v) is 2.00. The molecule has 0 radical (unpaired) electrons. The smallest absolute Gasteiger partial charge is 0.309 e. The first-order valence-electron chi connectivity index (χ1n) is 4.15. The average Bonchev–Trinajstić information content (AvgIpc) is 2.13. The molecule has 3 N–H and O–H groups in total. The summed E-state index contributed by atoms with van der Waals surface area (Å²) >= 11 is 0. The van der Waals surface area contributed by atoms with E-state index < -0.39 is 5.97 Å². The summed E-state index contributed by atoms with van der Waals surface area (Å²) in [5.74, 6) is -1.31. The van der Waals surface area contributed by atoms with E-state index in [-0.39, 0.29) is 24.5 Å². The maximum atomic E-state index is 10.3. The monoisotopic (exact) mass is 198 g/mol. The SMILES string of the molecule is Cc1c(O)c(O)cc[n+]1CCC(=O)O. The van der Waals surface area contributed by atoms with Crippen LogP contribution in [0.5, 0.6) is 11.5 Å². The van der Waals surface area contributed by atoms with Gasteiger partial charge in [0.15, 0.2) is 18.5 Å². The number of aliphatic carboxylic acids is 1. The molecule has 0 bridgehead atoms. The van der Waals surface area contributed by atoms with Crippen molar-refractivity contribution in [1.82, 2.24) is 0 Å². The van der Waals surface area contributed by atoms with Crippen LogP contribution >= 0.6 is 0 Å². The molecule has 0 aromatic carbocycles. The van der Waals surface area contributed by atoms with E-state index >= 15 is 0 Å². The summed E-state index contributed by atoms with van der Waals surface area (Å²) in [6.45, 7) is 1.88. The summed E-state index contributed by atoms with van der Waals surface area (Å²) < 4.78 is 1.57. The molecule has 0 amide bonds. The number of pyridine rings is 1. The minimum Gasteiger partial charge on any atom is -0.504 e. The van der Waals surface area contributed by atoms with Gasteiger partial charge < -0.3 is 15.3 Å². The van der Waals surface area contributed by atoms with Gasteiger partial charge in [-0.15, -0.1) is 0 Å². The van der Waals surface area contributed by atoms with Crippen molar-refractivity contribution in [2.24, 2.45) is 0 Å². The Labute approximate surface area is 80.9 Å². The molecule has 0 unspecified atom stereocenters.